The average Bonchev–Trinajstić information content (AvgIpc) is 2.99. The first-order valence-corrected chi connectivity index (χ1v) is 7.46. The van der Waals surface area contributed by atoms with E-state index in [1.54, 1.807) is 4.68 Å². The summed E-state index contributed by atoms with van der Waals surface area (Å²) >= 11 is 0. The van der Waals surface area contributed by atoms with Crippen molar-refractivity contribution in [2.24, 2.45) is 0 Å². The normalized spacial score (nSPS) is 16.5. The molecular weight excluding hydrogens is 276 g/mol. The van der Waals surface area contributed by atoms with Crippen LogP contribution in [0.3, 0.4) is 0 Å². The summed E-state index contributed by atoms with van der Waals surface area (Å²) in [6.07, 6.45) is 5.35. The van der Waals surface area contributed by atoms with Crippen molar-refractivity contribution in [1.82, 2.24) is 30.0 Å². The Morgan fingerprint density at radius 2 is 2.05 bits per heavy atom. The quantitative estimate of drug-likeness (QED) is 0.778. The van der Waals surface area contributed by atoms with E-state index >= 15 is 0 Å². The first kappa shape index (κ1) is 14.7. The lowest BCUT2D eigenvalue weighted by Gasteiger charge is -2.32. The summed E-state index contributed by atoms with van der Waals surface area (Å²) < 4.78 is 1.65. The molecule has 1 aromatic heterocycles. The Hall–Kier alpha value is -2.23. The Kier molecular flexibility index (Phi) is 4.47. The second-order valence-corrected chi connectivity index (χ2v) is 5.64. The van der Waals surface area contributed by atoms with Gasteiger partial charge in [0.25, 0.3) is 0 Å². The number of hydrogen-bond donors (Lipinski definition) is 0. The molecule has 6 nitrogen and oxygen atoms in total. The number of likely N-dealkylation sites (N-methyl/N-ethyl adjacent to an activating group) is 1. The maximum Gasteiger partial charge on any atom is 0.182 e. The summed E-state index contributed by atoms with van der Waals surface area (Å²) in [7, 11) is 2.17. The molecule has 0 radical (unpaired) electrons. The monoisotopic (exact) mass is 296 g/mol. The molecule has 3 rings (SSSR count). The van der Waals surface area contributed by atoms with Gasteiger partial charge in [0.2, 0.25) is 0 Å². The van der Waals surface area contributed by atoms with Gasteiger partial charge in [-0.3, -0.25) is 4.90 Å². The third-order valence-corrected chi connectivity index (χ3v) is 3.96. The highest BCUT2D eigenvalue weighted by Crippen LogP contribution is 2.18. The lowest BCUT2D eigenvalue weighted by Crippen LogP contribution is -2.43. The van der Waals surface area contributed by atoms with Gasteiger partial charge in [-0.05, 0) is 29.1 Å². The van der Waals surface area contributed by atoms with Crippen molar-refractivity contribution < 1.29 is 0 Å². The zero-order valence-corrected chi connectivity index (χ0v) is 12.8. The molecule has 1 fully saturated rings. The molecule has 0 atom stereocenters. The standard InChI is InChI=1S/C16H20N6/c1-3-7-22-16(17-18-19-22)15-6-4-5-14(12-15)13-21-10-8-20(2)9-11-21/h1,4-6,12H,7-11,13H2,2H3. The summed E-state index contributed by atoms with van der Waals surface area (Å²) in [4.78, 5) is 4.84. The minimum atomic E-state index is 0.380. The predicted octanol–water partition coefficient (Wildman–Crippen LogP) is 0.721. The number of terminal acetylenes is 1. The molecule has 1 aliphatic heterocycles. The third kappa shape index (κ3) is 3.32. The second kappa shape index (κ2) is 6.69. The van der Waals surface area contributed by atoms with Gasteiger partial charge in [0.05, 0.1) is 0 Å². The molecule has 0 N–H and O–H groups in total. The van der Waals surface area contributed by atoms with E-state index in [0.29, 0.717) is 6.54 Å². The zero-order chi connectivity index (χ0) is 15.4. The fourth-order valence-electron chi connectivity index (χ4n) is 2.68. The van der Waals surface area contributed by atoms with E-state index in [4.69, 9.17) is 6.42 Å². The van der Waals surface area contributed by atoms with Crippen LogP contribution in [-0.4, -0.2) is 63.2 Å². The van der Waals surface area contributed by atoms with Crippen molar-refractivity contribution in [3.63, 3.8) is 0 Å². The molecule has 6 heteroatoms. The summed E-state index contributed by atoms with van der Waals surface area (Å²) in [5.74, 6) is 3.29. The highest BCUT2D eigenvalue weighted by molar-refractivity contribution is 5.55. The lowest BCUT2D eigenvalue weighted by molar-refractivity contribution is 0.148. The van der Waals surface area contributed by atoms with Crippen LogP contribution in [0.4, 0.5) is 0 Å². The van der Waals surface area contributed by atoms with Crippen molar-refractivity contribution >= 4 is 0 Å². The van der Waals surface area contributed by atoms with Crippen LogP contribution in [0.25, 0.3) is 11.4 Å². The Morgan fingerprint density at radius 1 is 1.23 bits per heavy atom. The van der Waals surface area contributed by atoms with E-state index in [-0.39, 0.29) is 0 Å². The van der Waals surface area contributed by atoms with Crippen molar-refractivity contribution in [3.05, 3.63) is 29.8 Å². The average molecular weight is 296 g/mol. The number of nitrogens with zero attached hydrogens (tertiary/aromatic N) is 6. The van der Waals surface area contributed by atoms with Crippen LogP contribution >= 0.6 is 0 Å². The van der Waals surface area contributed by atoms with E-state index in [9.17, 15) is 0 Å². The van der Waals surface area contributed by atoms with Crippen LogP contribution < -0.4 is 0 Å². The summed E-state index contributed by atoms with van der Waals surface area (Å²) in [6, 6.07) is 8.37. The Labute approximate surface area is 130 Å². The SMILES string of the molecule is C#CCn1nnnc1-c1cccc(CN2CCN(C)CC2)c1. The van der Waals surface area contributed by atoms with Crippen LogP contribution in [0.2, 0.25) is 0 Å². The molecule has 0 aliphatic carbocycles. The van der Waals surface area contributed by atoms with Crippen LogP contribution in [-0.2, 0) is 13.1 Å². The van der Waals surface area contributed by atoms with Gasteiger partial charge in [0.15, 0.2) is 5.82 Å². The van der Waals surface area contributed by atoms with Gasteiger partial charge in [-0.1, -0.05) is 24.1 Å². The first-order chi connectivity index (χ1) is 10.8. The minimum Gasteiger partial charge on any atom is -0.304 e. The number of tetrazole rings is 1. The minimum absolute atomic E-state index is 0.380. The van der Waals surface area contributed by atoms with Crippen LogP contribution in [0, 0.1) is 12.3 Å². The summed E-state index contributed by atoms with van der Waals surface area (Å²) in [5, 5.41) is 11.7. The Morgan fingerprint density at radius 3 is 2.82 bits per heavy atom. The molecule has 1 aromatic carbocycles. The molecule has 0 amide bonds. The fraction of sp³-hybridized carbons (Fsp3) is 0.438. The van der Waals surface area contributed by atoms with Gasteiger partial charge in [0, 0.05) is 38.3 Å². The van der Waals surface area contributed by atoms with Crippen molar-refractivity contribution in [2.75, 3.05) is 33.2 Å². The number of piperazine rings is 1. The maximum absolute atomic E-state index is 5.35. The molecule has 0 unspecified atom stereocenters. The van der Waals surface area contributed by atoms with Gasteiger partial charge in [-0.2, -0.15) is 0 Å². The molecule has 2 heterocycles. The highest BCUT2D eigenvalue weighted by Gasteiger charge is 2.15. The molecule has 114 valence electrons. The summed E-state index contributed by atoms with van der Waals surface area (Å²) in [6.45, 7) is 5.80. The van der Waals surface area contributed by atoms with Gasteiger partial charge in [0.1, 0.15) is 6.54 Å². The fourth-order valence-corrected chi connectivity index (χ4v) is 2.68. The molecule has 22 heavy (non-hydrogen) atoms. The molecule has 2 aromatic rings. The Balaban J connectivity index is 1.75. The van der Waals surface area contributed by atoms with Crippen molar-refractivity contribution in [1.29, 1.82) is 0 Å². The molecule has 1 saturated heterocycles. The van der Waals surface area contributed by atoms with Crippen LogP contribution in [0.1, 0.15) is 5.56 Å². The van der Waals surface area contributed by atoms with Gasteiger partial charge < -0.3 is 4.90 Å². The number of benzene rings is 1. The van der Waals surface area contributed by atoms with E-state index in [1.165, 1.54) is 5.56 Å². The predicted molar refractivity (Wildman–Crippen MR) is 84.9 cm³/mol. The molecule has 0 saturated carbocycles. The molecular formula is C16H20N6. The first-order valence-electron chi connectivity index (χ1n) is 7.46. The Bertz CT molecular complexity index is 663. The third-order valence-electron chi connectivity index (χ3n) is 3.96. The second-order valence-electron chi connectivity index (χ2n) is 5.64. The summed E-state index contributed by atoms with van der Waals surface area (Å²) in [5.41, 5.74) is 2.28. The highest BCUT2D eigenvalue weighted by atomic mass is 15.5. The lowest BCUT2D eigenvalue weighted by atomic mass is 10.1. The topological polar surface area (TPSA) is 50.1 Å². The van der Waals surface area contributed by atoms with E-state index < -0.39 is 0 Å². The molecule has 0 spiro atoms. The maximum atomic E-state index is 5.35. The van der Waals surface area contributed by atoms with Crippen LogP contribution in [0.15, 0.2) is 24.3 Å². The van der Waals surface area contributed by atoms with E-state index in [0.717, 1.165) is 44.1 Å². The smallest absolute Gasteiger partial charge is 0.182 e. The van der Waals surface area contributed by atoms with Gasteiger partial charge in [-0.25, -0.2) is 4.68 Å². The number of rotatable bonds is 4. The van der Waals surface area contributed by atoms with Crippen molar-refractivity contribution in [3.8, 4) is 23.7 Å². The number of aromatic nitrogens is 4. The molecule has 0 bridgehead atoms. The number of hydrogen-bond acceptors (Lipinski definition) is 5. The van der Waals surface area contributed by atoms with Crippen LogP contribution in [0.5, 0.6) is 0 Å². The van der Waals surface area contributed by atoms with Gasteiger partial charge in [-0.15, -0.1) is 11.5 Å². The van der Waals surface area contributed by atoms with Crippen molar-refractivity contribution in [2.45, 2.75) is 13.1 Å². The van der Waals surface area contributed by atoms with E-state index in [2.05, 4.69) is 56.5 Å². The largest absolute Gasteiger partial charge is 0.304 e. The molecule has 1 aliphatic rings. The van der Waals surface area contributed by atoms with Gasteiger partial charge >= 0.3 is 0 Å². The van der Waals surface area contributed by atoms with E-state index in [1.807, 2.05) is 6.07 Å². The zero-order valence-electron chi connectivity index (χ0n) is 12.8.